The molecule has 0 saturated carbocycles. The maximum absolute atomic E-state index is 10.7. The third-order valence-corrected chi connectivity index (χ3v) is 2.13. The van der Waals surface area contributed by atoms with Crippen LogP contribution in [0.15, 0.2) is 23.1 Å². The average molecular weight is 196 g/mol. The molecule has 0 aliphatic heterocycles. The van der Waals surface area contributed by atoms with E-state index in [1.165, 1.54) is 0 Å². The molecule has 0 aromatic heterocycles. The molecule has 0 saturated heterocycles. The summed E-state index contributed by atoms with van der Waals surface area (Å²) in [5.74, 6) is -1.80. The smallest absolute Gasteiger partial charge is 0.870 e. The van der Waals surface area contributed by atoms with Crippen molar-refractivity contribution in [2.75, 3.05) is 0 Å². The second kappa shape index (κ2) is 4.02. The third-order valence-electron chi connectivity index (χ3n) is 1.24. The van der Waals surface area contributed by atoms with Gasteiger partial charge in [0.15, 0.2) is 0 Å². The second-order valence-electron chi connectivity index (χ2n) is 2.08. The molecule has 0 fully saturated rings. The number of hydrogen-bond acceptors (Lipinski definition) is 4. The Morgan fingerprint density at radius 2 is 1.85 bits per heavy atom. The van der Waals surface area contributed by atoms with Crippen LogP contribution in [0.5, 0.6) is 11.5 Å². The summed E-state index contributed by atoms with van der Waals surface area (Å²) in [6.07, 6.45) is 0. The summed E-state index contributed by atoms with van der Waals surface area (Å²) in [5.41, 5.74) is 0. The van der Waals surface area contributed by atoms with Crippen LogP contribution in [0.4, 0.5) is 0 Å². The summed E-state index contributed by atoms with van der Waals surface area (Å²) in [5, 5.41) is 19.5. The third kappa shape index (κ3) is 2.64. The van der Waals surface area contributed by atoms with E-state index in [2.05, 4.69) is 0 Å². The van der Waals surface area contributed by atoms with Crippen LogP contribution in [0.3, 0.4) is 0 Å². The molecule has 1 aromatic carbocycles. The number of aromatic hydroxyl groups is 1. The van der Waals surface area contributed by atoms with Crippen LogP contribution in [-0.2, 0) is 10.1 Å². The van der Waals surface area contributed by atoms with E-state index in [-0.39, 0.29) is 18.9 Å². The first kappa shape index (κ1) is 12.3. The molecule has 2 N–H and O–H groups in total. The van der Waals surface area contributed by atoms with Crippen LogP contribution >= 0.6 is 0 Å². The molecule has 1 aromatic rings. The van der Waals surface area contributed by atoms with Gasteiger partial charge in [-0.05, 0) is 6.07 Å². The molecule has 0 aliphatic carbocycles. The van der Waals surface area contributed by atoms with E-state index in [1.807, 2.05) is 0 Å². The zero-order valence-electron chi connectivity index (χ0n) is 6.76. The Balaban J connectivity index is 0.00000144. The fourth-order valence-electron chi connectivity index (χ4n) is 0.710. The van der Waals surface area contributed by atoms with Gasteiger partial charge in [0.1, 0.15) is 10.6 Å². The normalized spacial score (nSPS) is 10.5. The first-order chi connectivity index (χ1) is 5.43. The molecule has 5 nitrogen and oxygen atoms in total. The summed E-state index contributed by atoms with van der Waals surface area (Å²) in [7, 11) is -4.51. The molecular formula is C6H5LiO5S. The van der Waals surface area contributed by atoms with Crippen LogP contribution in [0.2, 0.25) is 0 Å². The van der Waals surface area contributed by atoms with Crippen molar-refractivity contribution in [1.29, 1.82) is 0 Å². The van der Waals surface area contributed by atoms with E-state index in [4.69, 9.17) is 9.66 Å². The van der Waals surface area contributed by atoms with Crippen molar-refractivity contribution >= 4 is 10.1 Å². The topological polar surface area (TPSA) is 97.7 Å². The van der Waals surface area contributed by atoms with Crippen molar-refractivity contribution in [1.82, 2.24) is 0 Å². The molecule has 0 aliphatic rings. The van der Waals surface area contributed by atoms with Crippen molar-refractivity contribution in [2.24, 2.45) is 0 Å². The van der Waals surface area contributed by atoms with Crippen LogP contribution < -0.4 is 24.0 Å². The Kier molecular flexibility index (Phi) is 3.82. The second-order valence-corrected chi connectivity index (χ2v) is 3.47. The van der Waals surface area contributed by atoms with Gasteiger partial charge in [-0.3, -0.25) is 4.55 Å². The largest absolute Gasteiger partial charge is 1.00 e. The van der Waals surface area contributed by atoms with Crippen molar-refractivity contribution in [3.8, 4) is 11.5 Å². The van der Waals surface area contributed by atoms with Gasteiger partial charge in [0.25, 0.3) is 10.1 Å². The minimum atomic E-state index is -4.51. The first-order valence-corrected chi connectivity index (χ1v) is 4.33. The van der Waals surface area contributed by atoms with Crippen molar-refractivity contribution in [3.05, 3.63) is 18.2 Å². The fraction of sp³-hybridized carbons (Fsp3) is 0. The summed E-state index contributed by atoms with van der Waals surface area (Å²) in [4.78, 5) is -0.769. The summed E-state index contributed by atoms with van der Waals surface area (Å²) in [6.45, 7) is 0. The molecule has 66 valence electrons. The monoisotopic (exact) mass is 196 g/mol. The molecule has 0 atom stereocenters. The number of benzene rings is 1. The summed E-state index contributed by atoms with van der Waals surface area (Å²) >= 11 is 0. The Bertz CT molecular complexity index is 399. The van der Waals surface area contributed by atoms with Gasteiger partial charge < -0.3 is 10.2 Å². The SMILES string of the molecule is O=S(=O)(O)c1cccc([O-])c1O.[Li+]. The van der Waals surface area contributed by atoms with Gasteiger partial charge in [0.05, 0.1) is 0 Å². The quantitative estimate of drug-likeness (QED) is 0.362. The summed E-state index contributed by atoms with van der Waals surface area (Å²) < 4.78 is 29.4. The zero-order valence-corrected chi connectivity index (χ0v) is 7.58. The van der Waals surface area contributed by atoms with Crippen LogP contribution in [0.25, 0.3) is 0 Å². The van der Waals surface area contributed by atoms with E-state index in [0.717, 1.165) is 18.2 Å². The predicted octanol–water partition coefficient (Wildman–Crippen LogP) is -3.28. The molecular weight excluding hydrogens is 191 g/mol. The van der Waals surface area contributed by atoms with Gasteiger partial charge in [-0.25, -0.2) is 0 Å². The fourth-order valence-corrected chi connectivity index (χ4v) is 1.31. The molecule has 0 bridgehead atoms. The Morgan fingerprint density at radius 3 is 2.23 bits per heavy atom. The van der Waals surface area contributed by atoms with Crippen LogP contribution in [0, 0.1) is 0 Å². The standard InChI is InChI=1S/C6H6O5S.Li/c7-4-2-1-3-5(6(4)8)12(9,10)11;/h1-3,7-8H,(H,9,10,11);/q;+1/p-1. The van der Waals surface area contributed by atoms with Crippen LogP contribution in [0.1, 0.15) is 0 Å². The molecule has 0 heterocycles. The Morgan fingerprint density at radius 1 is 1.31 bits per heavy atom. The minimum absolute atomic E-state index is 0. The number of hydrogen-bond donors (Lipinski definition) is 2. The Hall–Kier alpha value is -0.673. The van der Waals surface area contributed by atoms with E-state index in [1.54, 1.807) is 0 Å². The van der Waals surface area contributed by atoms with E-state index >= 15 is 0 Å². The number of phenols is 1. The molecule has 0 unspecified atom stereocenters. The van der Waals surface area contributed by atoms with Crippen molar-refractivity contribution < 1.29 is 42.0 Å². The van der Waals surface area contributed by atoms with Gasteiger partial charge in [-0.2, -0.15) is 8.42 Å². The predicted molar refractivity (Wildman–Crippen MR) is 37.4 cm³/mol. The molecule has 0 radical (unpaired) electrons. The number of rotatable bonds is 1. The van der Waals surface area contributed by atoms with Gasteiger partial charge in [0, 0.05) is 0 Å². The van der Waals surface area contributed by atoms with E-state index < -0.39 is 26.5 Å². The molecule has 7 heteroatoms. The molecule has 0 amide bonds. The molecule has 0 spiro atoms. The van der Waals surface area contributed by atoms with E-state index in [9.17, 15) is 13.5 Å². The van der Waals surface area contributed by atoms with Gasteiger partial charge in [0.2, 0.25) is 0 Å². The minimum Gasteiger partial charge on any atom is -0.870 e. The number of phenolic OH excluding ortho intramolecular Hbond substituents is 1. The van der Waals surface area contributed by atoms with Crippen molar-refractivity contribution in [2.45, 2.75) is 4.90 Å². The average Bonchev–Trinajstić information content (AvgIpc) is 1.92. The first-order valence-electron chi connectivity index (χ1n) is 2.89. The zero-order chi connectivity index (χ0) is 9.35. The maximum atomic E-state index is 10.7. The maximum Gasteiger partial charge on any atom is 1.00 e. The van der Waals surface area contributed by atoms with Crippen molar-refractivity contribution in [3.63, 3.8) is 0 Å². The Labute approximate surface area is 86.9 Å². The van der Waals surface area contributed by atoms with Crippen LogP contribution in [-0.4, -0.2) is 18.1 Å². The van der Waals surface area contributed by atoms with E-state index in [0.29, 0.717) is 0 Å². The molecule has 13 heavy (non-hydrogen) atoms. The van der Waals surface area contributed by atoms with Gasteiger partial charge in [-0.1, -0.05) is 17.9 Å². The summed E-state index contributed by atoms with van der Waals surface area (Å²) in [6, 6.07) is 3.06. The number of para-hydroxylation sites is 1. The van der Waals surface area contributed by atoms with Gasteiger partial charge >= 0.3 is 18.9 Å². The molecule has 1 rings (SSSR count). The van der Waals surface area contributed by atoms with Gasteiger partial charge in [-0.15, -0.1) is 0 Å².